The van der Waals surface area contributed by atoms with E-state index in [-0.39, 0.29) is 10.6 Å². The Morgan fingerprint density at radius 1 is 1.24 bits per heavy atom. The third kappa shape index (κ3) is 3.68. The van der Waals surface area contributed by atoms with E-state index in [1.165, 1.54) is 18.9 Å². The monoisotopic (exact) mass is 311 g/mol. The Bertz CT molecular complexity index is 616. The molecule has 0 heterocycles. The fourth-order valence-corrected chi connectivity index (χ4v) is 3.64. The van der Waals surface area contributed by atoms with Crippen molar-refractivity contribution in [3.05, 3.63) is 18.2 Å². The Labute approximate surface area is 127 Å². The first kappa shape index (κ1) is 16.1. The van der Waals surface area contributed by atoms with E-state index >= 15 is 0 Å². The Balaban J connectivity index is 2.17. The number of nitrogen functional groups attached to an aromatic ring is 1. The molecule has 1 saturated carbocycles. The van der Waals surface area contributed by atoms with Crippen molar-refractivity contribution in [3.8, 4) is 0 Å². The van der Waals surface area contributed by atoms with Crippen LogP contribution in [0.25, 0.3) is 0 Å². The number of nitrogens with zero attached hydrogens (tertiary/aromatic N) is 1. The average molecular weight is 311 g/mol. The van der Waals surface area contributed by atoms with Crippen LogP contribution in [0, 0.1) is 5.41 Å². The van der Waals surface area contributed by atoms with Gasteiger partial charge >= 0.3 is 0 Å². The minimum atomic E-state index is -3.76. The van der Waals surface area contributed by atoms with Crippen LogP contribution in [0.5, 0.6) is 0 Å². The average Bonchev–Trinajstić information content (AvgIpc) is 2.36. The van der Waals surface area contributed by atoms with Gasteiger partial charge in [0.05, 0.1) is 5.69 Å². The lowest BCUT2D eigenvalue weighted by Gasteiger charge is -2.39. The van der Waals surface area contributed by atoms with Gasteiger partial charge in [0, 0.05) is 18.8 Å². The highest BCUT2D eigenvalue weighted by Crippen LogP contribution is 2.38. The second-order valence-electron chi connectivity index (χ2n) is 6.77. The van der Waals surface area contributed by atoms with Gasteiger partial charge < -0.3 is 10.6 Å². The molecule has 0 atom stereocenters. The number of sulfonamides is 1. The standard InChI is InChI=1S/C15H25N3O2S/c1-15(2)8-6-11(7-9-15)18(3)12-4-5-14(13(16)10-12)21(17,19)20/h4-5,10-11H,6-9,16H2,1-3H3,(H2,17,19,20). The van der Waals surface area contributed by atoms with Crippen LogP contribution in [0.4, 0.5) is 11.4 Å². The summed E-state index contributed by atoms with van der Waals surface area (Å²) in [4.78, 5) is 2.18. The van der Waals surface area contributed by atoms with Crippen molar-refractivity contribution in [1.82, 2.24) is 0 Å². The summed E-state index contributed by atoms with van der Waals surface area (Å²) in [6.45, 7) is 4.62. The van der Waals surface area contributed by atoms with Crippen LogP contribution in [0.3, 0.4) is 0 Å². The predicted octanol–water partition coefficient (Wildman–Crippen LogP) is 2.32. The van der Waals surface area contributed by atoms with Gasteiger partial charge in [-0.15, -0.1) is 0 Å². The lowest BCUT2D eigenvalue weighted by atomic mass is 9.75. The van der Waals surface area contributed by atoms with E-state index in [0.29, 0.717) is 11.5 Å². The largest absolute Gasteiger partial charge is 0.398 e. The minimum Gasteiger partial charge on any atom is -0.398 e. The van der Waals surface area contributed by atoms with Gasteiger partial charge in [0.25, 0.3) is 0 Å². The minimum absolute atomic E-state index is 0.00979. The summed E-state index contributed by atoms with van der Waals surface area (Å²) in [6.07, 6.45) is 4.68. The molecule has 0 unspecified atom stereocenters. The molecule has 2 rings (SSSR count). The molecule has 1 aromatic rings. The quantitative estimate of drug-likeness (QED) is 0.838. The summed E-state index contributed by atoms with van der Waals surface area (Å²) in [7, 11) is -1.72. The van der Waals surface area contributed by atoms with E-state index in [4.69, 9.17) is 10.9 Å². The molecule has 4 N–H and O–H groups in total. The normalized spacial score (nSPS) is 19.4. The van der Waals surface area contributed by atoms with Crippen molar-refractivity contribution in [2.45, 2.75) is 50.5 Å². The molecule has 5 nitrogen and oxygen atoms in total. The zero-order chi connectivity index (χ0) is 15.8. The molecule has 21 heavy (non-hydrogen) atoms. The topological polar surface area (TPSA) is 89.4 Å². The Kier molecular flexibility index (Phi) is 4.22. The highest BCUT2D eigenvalue weighted by atomic mass is 32.2. The molecule has 1 aliphatic carbocycles. The third-order valence-electron chi connectivity index (χ3n) is 4.56. The van der Waals surface area contributed by atoms with Crippen LogP contribution in [-0.2, 0) is 10.0 Å². The van der Waals surface area contributed by atoms with Crippen LogP contribution < -0.4 is 15.8 Å². The summed E-state index contributed by atoms with van der Waals surface area (Å²) >= 11 is 0. The second kappa shape index (κ2) is 5.50. The molecule has 0 aromatic heterocycles. The molecule has 0 aliphatic heterocycles. The van der Waals surface area contributed by atoms with Crippen LogP contribution in [0.15, 0.2) is 23.1 Å². The molecule has 0 spiro atoms. The molecule has 1 aromatic carbocycles. The molecular weight excluding hydrogens is 286 g/mol. The van der Waals surface area contributed by atoms with Gasteiger partial charge in [0.2, 0.25) is 10.0 Å². The van der Waals surface area contributed by atoms with Gasteiger partial charge in [-0.2, -0.15) is 0 Å². The van der Waals surface area contributed by atoms with Gasteiger partial charge in [0.1, 0.15) is 4.90 Å². The summed E-state index contributed by atoms with van der Waals surface area (Å²) in [6, 6.07) is 5.43. The summed E-state index contributed by atoms with van der Waals surface area (Å²) < 4.78 is 22.8. The number of primary sulfonamides is 1. The van der Waals surface area contributed by atoms with Crippen molar-refractivity contribution in [3.63, 3.8) is 0 Å². The second-order valence-corrected chi connectivity index (χ2v) is 8.30. The van der Waals surface area contributed by atoms with Crippen molar-refractivity contribution < 1.29 is 8.42 Å². The van der Waals surface area contributed by atoms with E-state index in [9.17, 15) is 8.42 Å². The van der Waals surface area contributed by atoms with E-state index in [1.54, 1.807) is 12.1 Å². The molecular formula is C15H25N3O2S. The van der Waals surface area contributed by atoms with Crippen molar-refractivity contribution in [2.75, 3.05) is 17.7 Å². The Hall–Kier alpha value is -1.27. The van der Waals surface area contributed by atoms with Gasteiger partial charge in [-0.1, -0.05) is 13.8 Å². The fraction of sp³-hybridized carbons (Fsp3) is 0.600. The van der Waals surface area contributed by atoms with Crippen LogP contribution in [-0.4, -0.2) is 21.5 Å². The lowest BCUT2D eigenvalue weighted by Crippen LogP contribution is -2.37. The van der Waals surface area contributed by atoms with Gasteiger partial charge in [-0.05, 0) is 49.3 Å². The van der Waals surface area contributed by atoms with E-state index in [2.05, 4.69) is 18.7 Å². The maximum Gasteiger partial charge on any atom is 0.240 e. The van der Waals surface area contributed by atoms with Gasteiger partial charge in [0.15, 0.2) is 0 Å². The predicted molar refractivity (Wildman–Crippen MR) is 86.7 cm³/mol. The number of hydrogen-bond donors (Lipinski definition) is 2. The highest BCUT2D eigenvalue weighted by molar-refractivity contribution is 7.89. The third-order valence-corrected chi connectivity index (χ3v) is 5.55. The fourth-order valence-electron chi connectivity index (χ4n) is 3.00. The summed E-state index contributed by atoms with van der Waals surface area (Å²) in [5.74, 6) is 0. The molecule has 0 saturated heterocycles. The smallest absolute Gasteiger partial charge is 0.240 e. The first-order valence-electron chi connectivity index (χ1n) is 7.25. The Morgan fingerprint density at radius 2 is 1.81 bits per heavy atom. The molecule has 6 heteroatoms. The zero-order valence-electron chi connectivity index (χ0n) is 13.0. The molecule has 0 amide bonds. The Morgan fingerprint density at radius 3 is 2.29 bits per heavy atom. The van der Waals surface area contributed by atoms with Crippen LogP contribution >= 0.6 is 0 Å². The molecule has 1 aliphatic rings. The van der Waals surface area contributed by atoms with E-state index in [0.717, 1.165) is 18.5 Å². The van der Waals surface area contributed by atoms with Crippen molar-refractivity contribution in [1.29, 1.82) is 0 Å². The van der Waals surface area contributed by atoms with Crippen LogP contribution in [0.1, 0.15) is 39.5 Å². The first-order valence-corrected chi connectivity index (χ1v) is 8.80. The molecule has 1 fully saturated rings. The van der Waals surface area contributed by atoms with Crippen LogP contribution in [0.2, 0.25) is 0 Å². The number of hydrogen-bond acceptors (Lipinski definition) is 4. The number of rotatable bonds is 3. The van der Waals surface area contributed by atoms with E-state index < -0.39 is 10.0 Å². The number of benzene rings is 1. The van der Waals surface area contributed by atoms with Crippen molar-refractivity contribution in [2.24, 2.45) is 10.6 Å². The maximum atomic E-state index is 11.4. The first-order chi connectivity index (χ1) is 9.60. The van der Waals surface area contributed by atoms with Gasteiger partial charge in [-0.3, -0.25) is 0 Å². The van der Waals surface area contributed by atoms with Gasteiger partial charge in [-0.25, -0.2) is 13.6 Å². The molecule has 0 radical (unpaired) electrons. The number of nitrogens with two attached hydrogens (primary N) is 2. The summed E-state index contributed by atoms with van der Waals surface area (Å²) in [5, 5.41) is 5.14. The zero-order valence-corrected chi connectivity index (χ0v) is 13.8. The molecule has 0 bridgehead atoms. The van der Waals surface area contributed by atoms with E-state index in [1.807, 2.05) is 7.05 Å². The van der Waals surface area contributed by atoms with Crippen molar-refractivity contribution >= 4 is 21.4 Å². The number of anilines is 2. The molecule has 118 valence electrons. The summed E-state index contributed by atoms with van der Waals surface area (Å²) in [5.41, 5.74) is 7.40. The lowest BCUT2D eigenvalue weighted by molar-refractivity contribution is 0.222. The highest BCUT2D eigenvalue weighted by Gasteiger charge is 2.29. The maximum absolute atomic E-state index is 11.4. The SMILES string of the molecule is CN(c1ccc(S(N)(=O)=O)c(N)c1)C1CCC(C)(C)CC1.